The summed E-state index contributed by atoms with van der Waals surface area (Å²) in [6.45, 7) is 5.71. The maximum Gasteiger partial charge on any atom is 0.130 e. The summed E-state index contributed by atoms with van der Waals surface area (Å²) in [4.78, 5) is 0. The van der Waals surface area contributed by atoms with Gasteiger partial charge >= 0.3 is 0 Å². The highest BCUT2D eigenvalue weighted by molar-refractivity contribution is 6.18. The molecule has 28 heavy (non-hydrogen) atoms. The lowest BCUT2D eigenvalue weighted by Gasteiger charge is -2.17. The second kappa shape index (κ2) is 13.2. The highest BCUT2D eigenvalue weighted by Gasteiger charge is 2.12. The van der Waals surface area contributed by atoms with E-state index in [2.05, 4.69) is 38.1 Å². The minimum Gasteiger partial charge on any atom is -0.493 e. The van der Waals surface area contributed by atoms with Crippen molar-refractivity contribution in [3.8, 4) is 11.5 Å². The van der Waals surface area contributed by atoms with E-state index in [9.17, 15) is 0 Å². The summed E-state index contributed by atoms with van der Waals surface area (Å²) in [6.07, 6.45) is 8.95. The van der Waals surface area contributed by atoms with Crippen LogP contribution in [-0.4, -0.2) is 25.0 Å². The fraction of sp³-hybridized carbons (Fsp3) is 0.583. The molecule has 0 saturated carbocycles. The monoisotopic (exact) mass is 424 g/mol. The van der Waals surface area contributed by atoms with Crippen LogP contribution in [0.1, 0.15) is 62.5 Å². The molecule has 2 aromatic carbocycles. The van der Waals surface area contributed by atoms with Gasteiger partial charge in [0.05, 0.1) is 13.2 Å². The van der Waals surface area contributed by atoms with Crippen LogP contribution >= 0.6 is 23.2 Å². The summed E-state index contributed by atoms with van der Waals surface area (Å²) in [6, 6.07) is 8.63. The highest BCUT2D eigenvalue weighted by atomic mass is 35.5. The van der Waals surface area contributed by atoms with Crippen LogP contribution < -0.4 is 9.47 Å². The number of hydrogen-bond acceptors (Lipinski definition) is 2. The molecular formula is C24H34Cl2O2. The largest absolute Gasteiger partial charge is 0.493 e. The first-order valence-corrected chi connectivity index (χ1v) is 11.7. The number of fused-ring (bicyclic) bond motifs is 1. The number of aryl methyl sites for hydroxylation is 2. The molecule has 2 aromatic rings. The number of alkyl halides is 2. The summed E-state index contributed by atoms with van der Waals surface area (Å²) in [5.74, 6) is 3.45. The molecular weight excluding hydrogens is 391 g/mol. The molecule has 0 amide bonds. The normalized spacial score (nSPS) is 11.1. The number of ether oxygens (including phenoxy) is 2. The van der Waals surface area contributed by atoms with E-state index in [0.717, 1.165) is 91.3 Å². The van der Waals surface area contributed by atoms with Gasteiger partial charge in [-0.25, -0.2) is 0 Å². The Balaban J connectivity index is 2.05. The zero-order valence-electron chi connectivity index (χ0n) is 17.4. The molecule has 0 aliphatic rings. The summed E-state index contributed by atoms with van der Waals surface area (Å²) in [7, 11) is 0. The fourth-order valence-electron chi connectivity index (χ4n) is 3.38. The van der Waals surface area contributed by atoms with Crippen LogP contribution in [0.4, 0.5) is 0 Å². The van der Waals surface area contributed by atoms with Crippen molar-refractivity contribution < 1.29 is 9.47 Å². The molecule has 0 spiro atoms. The topological polar surface area (TPSA) is 18.5 Å². The molecule has 0 saturated heterocycles. The third-order valence-corrected chi connectivity index (χ3v) is 5.49. The van der Waals surface area contributed by atoms with Gasteiger partial charge in [0.15, 0.2) is 0 Å². The second-order valence-electron chi connectivity index (χ2n) is 7.47. The first kappa shape index (κ1) is 23.2. The van der Waals surface area contributed by atoms with Crippen molar-refractivity contribution in [3.05, 3.63) is 35.4 Å². The van der Waals surface area contributed by atoms with Gasteiger partial charge in [-0.2, -0.15) is 0 Å². The van der Waals surface area contributed by atoms with Crippen molar-refractivity contribution in [2.75, 3.05) is 25.0 Å². The smallest absolute Gasteiger partial charge is 0.130 e. The molecule has 4 heteroatoms. The minimum atomic E-state index is 0.742. The third kappa shape index (κ3) is 7.37. The van der Waals surface area contributed by atoms with Gasteiger partial charge in [0, 0.05) is 22.5 Å². The van der Waals surface area contributed by atoms with Crippen molar-refractivity contribution in [1.29, 1.82) is 0 Å². The van der Waals surface area contributed by atoms with Gasteiger partial charge in [0.1, 0.15) is 11.5 Å². The average Bonchev–Trinajstić information content (AvgIpc) is 2.69. The van der Waals surface area contributed by atoms with Crippen LogP contribution in [0.2, 0.25) is 0 Å². The highest BCUT2D eigenvalue weighted by Crippen LogP contribution is 2.37. The average molecular weight is 425 g/mol. The molecule has 0 fully saturated rings. The Kier molecular flexibility index (Phi) is 10.9. The van der Waals surface area contributed by atoms with Crippen molar-refractivity contribution in [2.24, 2.45) is 0 Å². The van der Waals surface area contributed by atoms with Crippen molar-refractivity contribution in [1.82, 2.24) is 0 Å². The Bertz CT molecular complexity index is 715. The van der Waals surface area contributed by atoms with Crippen molar-refractivity contribution >= 4 is 34.0 Å². The van der Waals surface area contributed by atoms with Crippen LogP contribution in [0.5, 0.6) is 11.5 Å². The predicted octanol–water partition coefficient (Wildman–Crippen LogP) is 7.81. The molecule has 0 aromatic heterocycles. The van der Waals surface area contributed by atoms with Gasteiger partial charge in [-0.1, -0.05) is 43.4 Å². The molecule has 0 aliphatic carbocycles. The van der Waals surface area contributed by atoms with Gasteiger partial charge in [-0.3, -0.25) is 0 Å². The molecule has 2 nitrogen and oxygen atoms in total. The summed E-state index contributed by atoms with van der Waals surface area (Å²) in [5.41, 5.74) is 2.37. The van der Waals surface area contributed by atoms with E-state index in [1.165, 1.54) is 18.4 Å². The minimum absolute atomic E-state index is 0.742. The van der Waals surface area contributed by atoms with E-state index in [1.807, 2.05) is 0 Å². The molecule has 0 bridgehead atoms. The number of halogens is 2. The number of unbranched alkanes of at least 4 members (excludes halogenated alkanes) is 6. The van der Waals surface area contributed by atoms with Crippen LogP contribution in [0.25, 0.3) is 10.8 Å². The summed E-state index contributed by atoms with van der Waals surface area (Å²) in [5, 5.41) is 2.28. The number of hydrogen-bond donors (Lipinski definition) is 0. The van der Waals surface area contributed by atoms with E-state index in [1.54, 1.807) is 0 Å². The Labute approximate surface area is 180 Å². The Morgan fingerprint density at radius 1 is 0.679 bits per heavy atom. The Morgan fingerprint density at radius 2 is 1.29 bits per heavy atom. The Hall–Kier alpha value is -1.12. The SMILES string of the molecule is Cc1ccc2c(OCCCCCCCl)c(C)cc(OCCCCCCCl)c2c1. The molecule has 0 N–H and O–H groups in total. The van der Waals surface area contributed by atoms with E-state index in [-0.39, 0.29) is 0 Å². The zero-order chi connectivity index (χ0) is 20.2. The third-order valence-electron chi connectivity index (χ3n) is 4.95. The van der Waals surface area contributed by atoms with Crippen LogP contribution in [-0.2, 0) is 0 Å². The van der Waals surface area contributed by atoms with E-state index in [0.29, 0.717) is 0 Å². The van der Waals surface area contributed by atoms with Gasteiger partial charge in [0.2, 0.25) is 0 Å². The molecule has 0 atom stereocenters. The van der Waals surface area contributed by atoms with Gasteiger partial charge in [-0.05, 0) is 57.2 Å². The lowest BCUT2D eigenvalue weighted by molar-refractivity contribution is 0.300. The van der Waals surface area contributed by atoms with Crippen LogP contribution in [0.15, 0.2) is 24.3 Å². The zero-order valence-corrected chi connectivity index (χ0v) is 18.9. The molecule has 0 heterocycles. The maximum absolute atomic E-state index is 6.19. The lowest BCUT2D eigenvalue weighted by Crippen LogP contribution is -2.03. The van der Waals surface area contributed by atoms with Crippen LogP contribution in [0.3, 0.4) is 0 Å². The lowest BCUT2D eigenvalue weighted by atomic mass is 10.0. The summed E-state index contributed by atoms with van der Waals surface area (Å²) >= 11 is 11.5. The predicted molar refractivity (Wildman–Crippen MR) is 123 cm³/mol. The molecule has 0 unspecified atom stereocenters. The number of benzene rings is 2. The fourth-order valence-corrected chi connectivity index (χ4v) is 3.76. The van der Waals surface area contributed by atoms with Gasteiger partial charge < -0.3 is 9.47 Å². The summed E-state index contributed by atoms with van der Waals surface area (Å²) < 4.78 is 12.4. The molecule has 156 valence electrons. The van der Waals surface area contributed by atoms with Gasteiger partial charge in [0.25, 0.3) is 0 Å². The maximum atomic E-state index is 6.19. The molecule has 0 aliphatic heterocycles. The molecule has 0 radical (unpaired) electrons. The first-order chi connectivity index (χ1) is 13.7. The first-order valence-electron chi connectivity index (χ1n) is 10.6. The van der Waals surface area contributed by atoms with E-state index >= 15 is 0 Å². The Morgan fingerprint density at radius 3 is 1.93 bits per heavy atom. The van der Waals surface area contributed by atoms with Gasteiger partial charge in [-0.15, -0.1) is 23.2 Å². The second-order valence-corrected chi connectivity index (χ2v) is 8.23. The standard InChI is InChI=1S/C24H34Cl2O2/c1-19-11-12-21-22(17-19)23(27-15-9-5-3-7-13-25)18-20(2)24(21)28-16-10-6-4-8-14-26/h11-12,17-18H,3-10,13-16H2,1-2H3. The van der Waals surface area contributed by atoms with E-state index in [4.69, 9.17) is 32.7 Å². The van der Waals surface area contributed by atoms with Crippen LogP contribution in [0, 0.1) is 13.8 Å². The van der Waals surface area contributed by atoms with Crippen molar-refractivity contribution in [2.45, 2.75) is 65.2 Å². The van der Waals surface area contributed by atoms with Crippen molar-refractivity contribution in [3.63, 3.8) is 0 Å². The van der Waals surface area contributed by atoms with E-state index < -0.39 is 0 Å². The number of rotatable bonds is 14. The molecule has 2 rings (SSSR count). The quantitative estimate of drug-likeness (QED) is 0.227.